The van der Waals surface area contributed by atoms with Gasteiger partial charge in [-0.2, -0.15) is 0 Å². The summed E-state index contributed by atoms with van der Waals surface area (Å²) in [4.78, 5) is 0. The molecule has 0 bridgehead atoms. The first-order valence-electron chi connectivity index (χ1n) is 7.41. The summed E-state index contributed by atoms with van der Waals surface area (Å²) in [5.74, 6) is 0.219. The molecule has 0 radical (unpaired) electrons. The van der Waals surface area contributed by atoms with Crippen molar-refractivity contribution in [2.75, 3.05) is 0 Å². The van der Waals surface area contributed by atoms with Gasteiger partial charge in [-0.25, -0.2) is 0 Å². The highest BCUT2D eigenvalue weighted by molar-refractivity contribution is 5.22. The molecule has 0 fully saturated rings. The van der Waals surface area contributed by atoms with Gasteiger partial charge in [0.2, 0.25) is 0 Å². The summed E-state index contributed by atoms with van der Waals surface area (Å²) in [6.07, 6.45) is 6.35. The van der Waals surface area contributed by atoms with Gasteiger partial charge >= 0.3 is 0 Å². The molecule has 1 aromatic rings. The lowest BCUT2D eigenvalue weighted by atomic mass is 9.77. The summed E-state index contributed by atoms with van der Waals surface area (Å²) >= 11 is 0. The van der Waals surface area contributed by atoms with Crippen LogP contribution in [0.25, 0.3) is 0 Å². The fourth-order valence-corrected chi connectivity index (χ4v) is 2.58. The SMILES string of the molecule is CCCCC(O)(CCCC)C(C)c1ccccc1. The third-order valence-electron chi connectivity index (χ3n) is 4.03. The second kappa shape index (κ2) is 7.58. The Bertz CT molecular complexity index is 310. The van der Waals surface area contributed by atoms with Gasteiger partial charge < -0.3 is 5.11 Å². The van der Waals surface area contributed by atoms with E-state index in [0.29, 0.717) is 0 Å². The van der Waals surface area contributed by atoms with Gasteiger partial charge in [0.1, 0.15) is 0 Å². The molecular weight excluding hydrogens is 220 g/mol. The van der Waals surface area contributed by atoms with E-state index >= 15 is 0 Å². The molecule has 0 aliphatic heterocycles. The maximum absolute atomic E-state index is 11.0. The first-order chi connectivity index (χ1) is 8.64. The first kappa shape index (κ1) is 15.2. The Balaban J connectivity index is 2.80. The second-order valence-corrected chi connectivity index (χ2v) is 5.44. The van der Waals surface area contributed by atoms with Gasteiger partial charge in [0.05, 0.1) is 5.60 Å². The zero-order chi connectivity index (χ0) is 13.4. The lowest BCUT2D eigenvalue weighted by Crippen LogP contribution is -2.35. The van der Waals surface area contributed by atoms with Crippen LogP contribution < -0.4 is 0 Å². The lowest BCUT2D eigenvalue weighted by molar-refractivity contribution is -0.00344. The molecule has 0 saturated heterocycles. The van der Waals surface area contributed by atoms with Gasteiger partial charge in [-0.3, -0.25) is 0 Å². The summed E-state index contributed by atoms with van der Waals surface area (Å²) in [5.41, 5.74) is 0.722. The zero-order valence-electron chi connectivity index (χ0n) is 12.2. The zero-order valence-corrected chi connectivity index (χ0v) is 12.2. The fourth-order valence-electron chi connectivity index (χ4n) is 2.58. The minimum absolute atomic E-state index is 0.219. The molecular formula is C17H28O. The van der Waals surface area contributed by atoms with Crippen molar-refractivity contribution in [2.45, 2.75) is 70.8 Å². The third-order valence-corrected chi connectivity index (χ3v) is 4.03. The van der Waals surface area contributed by atoms with E-state index in [9.17, 15) is 5.11 Å². The van der Waals surface area contributed by atoms with E-state index in [0.717, 1.165) is 38.5 Å². The van der Waals surface area contributed by atoms with Gasteiger partial charge in [0, 0.05) is 5.92 Å². The van der Waals surface area contributed by atoms with Gasteiger partial charge in [-0.1, -0.05) is 76.8 Å². The minimum Gasteiger partial charge on any atom is -0.389 e. The van der Waals surface area contributed by atoms with Crippen molar-refractivity contribution in [3.8, 4) is 0 Å². The average Bonchev–Trinajstić information content (AvgIpc) is 2.43. The summed E-state index contributed by atoms with van der Waals surface area (Å²) in [6, 6.07) is 10.4. The van der Waals surface area contributed by atoms with Crippen LogP contribution in [0.15, 0.2) is 30.3 Å². The maximum Gasteiger partial charge on any atom is 0.0713 e. The number of hydrogen-bond donors (Lipinski definition) is 1. The number of unbranched alkanes of at least 4 members (excludes halogenated alkanes) is 2. The summed E-state index contributed by atoms with van der Waals surface area (Å²) < 4.78 is 0. The molecule has 1 rings (SSSR count). The summed E-state index contributed by atoms with van der Waals surface area (Å²) in [6.45, 7) is 6.54. The highest BCUT2D eigenvalue weighted by atomic mass is 16.3. The molecule has 18 heavy (non-hydrogen) atoms. The Labute approximate surface area is 112 Å². The Kier molecular flexibility index (Phi) is 6.42. The number of benzene rings is 1. The summed E-state index contributed by atoms with van der Waals surface area (Å²) in [5, 5.41) is 11.0. The quantitative estimate of drug-likeness (QED) is 0.693. The smallest absolute Gasteiger partial charge is 0.0713 e. The van der Waals surface area contributed by atoms with Crippen LogP contribution >= 0.6 is 0 Å². The Morgan fingerprint density at radius 2 is 1.50 bits per heavy atom. The van der Waals surface area contributed by atoms with Crippen molar-refractivity contribution in [3.63, 3.8) is 0 Å². The Morgan fingerprint density at radius 3 is 1.94 bits per heavy atom. The van der Waals surface area contributed by atoms with Crippen LogP contribution in [0.5, 0.6) is 0 Å². The predicted molar refractivity (Wildman–Crippen MR) is 78.9 cm³/mol. The highest BCUT2D eigenvalue weighted by Crippen LogP contribution is 2.36. The predicted octanol–water partition coefficient (Wildman–Crippen LogP) is 4.90. The van der Waals surface area contributed by atoms with E-state index in [-0.39, 0.29) is 5.92 Å². The number of aliphatic hydroxyl groups is 1. The number of hydrogen-bond acceptors (Lipinski definition) is 1. The lowest BCUT2D eigenvalue weighted by Gasteiger charge is -2.35. The Hall–Kier alpha value is -0.820. The topological polar surface area (TPSA) is 20.2 Å². The highest BCUT2D eigenvalue weighted by Gasteiger charge is 2.33. The molecule has 1 aromatic carbocycles. The largest absolute Gasteiger partial charge is 0.389 e. The molecule has 0 saturated carbocycles. The van der Waals surface area contributed by atoms with Crippen molar-refractivity contribution in [2.24, 2.45) is 0 Å². The van der Waals surface area contributed by atoms with E-state index in [1.54, 1.807) is 0 Å². The van der Waals surface area contributed by atoms with Crippen molar-refractivity contribution in [1.82, 2.24) is 0 Å². The molecule has 1 unspecified atom stereocenters. The maximum atomic E-state index is 11.0. The molecule has 0 amide bonds. The second-order valence-electron chi connectivity index (χ2n) is 5.44. The van der Waals surface area contributed by atoms with E-state index in [1.807, 2.05) is 6.07 Å². The van der Waals surface area contributed by atoms with Crippen molar-refractivity contribution < 1.29 is 5.11 Å². The standard InChI is InChI=1S/C17H28O/c1-4-6-13-17(18,14-7-5-2)15(3)16-11-9-8-10-12-16/h8-12,15,18H,4-7,13-14H2,1-3H3. The van der Waals surface area contributed by atoms with Crippen LogP contribution in [0.3, 0.4) is 0 Å². The molecule has 0 aliphatic rings. The van der Waals surface area contributed by atoms with Crippen LogP contribution in [-0.2, 0) is 0 Å². The van der Waals surface area contributed by atoms with Gasteiger partial charge in [-0.15, -0.1) is 0 Å². The molecule has 0 heterocycles. The van der Waals surface area contributed by atoms with Crippen LogP contribution in [-0.4, -0.2) is 10.7 Å². The normalized spacial score (nSPS) is 13.6. The molecule has 1 nitrogen and oxygen atoms in total. The van der Waals surface area contributed by atoms with Crippen molar-refractivity contribution >= 4 is 0 Å². The van der Waals surface area contributed by atoms with E-state index in [2.05, 4.69) is 45.0 Å². The monoisotopic (exact) mass is 248 g/mol. The van der Waals surface area contributed by atoms with E-state index in [1.165, 1.54) is 5.56 Å². The van der Waals surface area contributed by atoms with E-state index in [4.69, 9.17) is 0 Å². The molecule has 1 atom stereocenters. The van der Waals surface area contributed by atoms with Crippen LogP contribution in [0.2, 0.25) is 0 Å². The molecule has 0 aromatic heterocycles. The fraction of sp³-hybridized carbons (Fsp3) is 0.647. The minimum atomic E-state index is -0.534. The molecule has 1 N–H and O–H groups in total. The first-order valence-corrected chi connectivity index (χ1v) is 7.41. The molecule has 1 heteroatoms. The van der Waals surface area contributed by atoms with Crippen LogP contribution in [0, 0.1) is 0 Å². The van der Waals surface area contributed by atoms with Crippen molar-refractivity contribution in [3.05, 3.63) is 35.9 Å². The van der Waals surface area contributed by atoms with Gasteiger partial charge in [-0.05, 0) is 18.4 Å². The number of rotatable bonds is 8. The van der Waals surface area contributed by atoms with Crippen LogP contribution in [0.4, 0.5) is 0 Å². The van der Waals surface area contributed by atoms with Gasteiger partial charge in [0.15, 0.2) is 0 Å². The van der Waals surface area contributed by atoms with Crippen molar-refractivity contribution in [1.29, 1.82) is 0 Å². The molecule has 0 spiro atoms. The van der Waals surface area contributed by atoms with Crippen LogP contribution in [0.1, 0.15) is 70.8 Å². The van der Waals surface area contributed by atoms with E-state index < -0.39 is 5.60 Å². The Morgan fingerprint density at radius 1 is 1.00 bits per heavy atom. The molecule has 0 aliphatic carbocycles. The molecule has 102 valence electrons. The third kappa shape index (κ3) is 4.13. The average molecular weight is 248 g/mol. The van der Waals surface area contributed by atoms with Gasteiger partial charge in [0.25, 0.3) is 0 Å². The summed E-state index contributed by atoms with van der Waals surface area (Å²) in [7, 11) is 0.